The number of benzene rings is 2. The Balaban J connectivity index is 1.92. The Labute approximate surface area is 159 Å². The van der Waals surface area contributed by atoms with E-state index in [1.807, 2.05) is 30.7 Å². The first kappa shape index (κ1) is 17.2. The van der Waals surface area contributed by atoms with E-state index in [1.54, 1.807) is 0 Å². The third-order valence-corrected chi connectivity index (χ3v) is 4.65. The van der Waals surface area contributed by atoms with Gasteiger partial charge in [0, 0.05) is 11.4 Å². The maximum atomic E-state index is 4.90. The zero-order valence-corrected chi connectivity index (χ0v) is 16.3. The average molecular weight is 357 g/mol. The molecule has 0 aliphatic heterocycles. The molecule has 0 aliphatic rings. The van der Waals surface area contributed by atoms with Crippen LogP contribution in [-0.2, 0) is 0 Å². The van der Waals surface area contributed by atoms with Crippen LogP contribution in [-0.4, -0.2) is 19.7 Å². The number of fused-ring (bicyclic) bond motifs is 1. The van der Waals surface area contributed by atoms with Gasteiger partial charge in [-0.2, -0.15) is 5.10 Å². The maximum absolute atomic E-state index is 4.90. The Morgan fingerprint density at radius 2 is 1.52 bits per heavy atom. The normalized spacial score (nSPS) is 11.1. The summed E-state index contributed by atoms with van der Waals surface area (Å²) in [4.78, 5) is 9.77. The van der Waals surface area contributed by atoms with Crippen LogP contribution < -0.4 is 5.32 Å². The first-order chi connectivity index (χ1) is 12.9. The molecule has 4 rings (SSSR count). The minimum Gasteiger partial charge on any atom is -0.337 e. The van der Waals surface area contributed by atoms with Gasteiger partial charge in [0.05, 0.1) is 16.7 Å². The summed E-state index contributed by atoms with van der Waals surface area (Å²) in [5.74, 6) is 1.41. The van der Waals surface area contributed by atoms with Crippen LogP contribution in [0.15, 0.2) is 42.5 Å². The quantitative estimate of drug-likeness (QED) is 0.554. The van der Waals surface area contributed by atoms with E-state index in [-0.39, 0.29) is 0 Å². The first-order valence-corrected chi connectivity index (χ1v) is 9.07. The third kappa shape index (κ3) is 3.28. The van der Waals surface area contributed by atoms with Gasteiger partial charge in [0.25, 0.3) is 0 Å². The highest BCUT2D eigenvalue weighted by atomic mass is 15.3. The second kappa shape index (κ2) is 6.50. The molecule has 2 heterocycles. The molecule has 4 aromatic rings. The summed E-state index contributed by atoms with van der Waals surface area (Å²) in [6.07, 6.45) is 0. The lowest BCUT2D eigenvalue weighted by molar-refractivity contribution is 0.808. The molecular weight excluding hydrogens is 334 g/mol. The SMILES string of the molecule is Cc1ccc(Nc2nc3ccc(C)cc3nc2-n2nc(C)cc2C)c(C)c1. The minimum atomic E-state index is 0.699. The highest BCUT2D eigenvalue weighted by molar-refractivity contribution is 5.80. The van der Waals surface area contributed by atoms with E-state index in [0.29, 0.717) is 11.6 Å². The lowest BCUT2D eigenvalue weighted by Crippen LogP contribution is -2.09. The molecule has 0 fully saturated rings. The van der Waals surface area contributed by atoms with Gasteiger partial charge in [-0.3, -0.25) is 0 Å². The van der Waals surface area contributed by atoms with Crippen LogP contribution in [0.4, 0.5) is 11.5 Å². The molecule has 5 heteroatoms. The number of nitrogens with zero attached hydrogens (tertiary/aromatic N) is 4. The molecule has 0 bridgehead atoms. The molecule has 0 spiro atoms. The Morgan fingerprint density at radius 3 is 2.22 bits per heavy atom. The van der Waals surface area contributed by atoms with Crippen LogP contribution in [0.2, 0.25) is 0 Å². The van der Waals surface area contributed by atoms with Gasteiger partial charge in [-0.15, -0.1) is 0 Å². The second-order valence-electron chi connectivity index (χ2n) is 7.17. The maximum Gasteiger partial charge on any atom is 0.197 e. The predicted molar refractivity (Wildman–Crippen MR) is 110 cm³/mol. The molecule has 0 saturated carbocycles. The van der Waals surface area contributed by atoms with Gasteiger partial charge in [0.2, 0.25) is 0 Å². The van der Waals surface area contributed by atoms with Crippen molar-refractivity contribution in [1.29, 1.82) is 0 Å². The van der Waals surface area contributed by atoms with E-state index in [2.05, 4.69) is 61.5 Å². The van der Waals surface area contributed by atoms with Gasteiger partial charge >= 0.3 is 0 Å². The number of hydrogen-bond acceptors (Lipinski definition) is 4. The molecule has 5 nitrogen and oxygen atoms in total. The number of hydrogen-bond donors (Lipinski definition) is 1. The molecule has 27 heavy (non-hydrogen) atoms. The van der Waals surface area contributed by atoms with E-state index in [0.717, 1.165) is 33.7 Å². The first-order valence-electron chi connectivity index (χ1n) is 9.07. The van der Waals surface area contributed by atoms with Gasteiger partial charge in [0.1, 0.15) is 0 Å². The zero-order valence-electron chi connectivity index (χ0n) is 16.3. The van der Waals surface area contributed by atoms with Crippen molar-refractivity contribution in [3.8, 4) is 5.82 Å². The molecule has 0 aliphatic carbocycles. The highest BCUT2D eigenvalue weighted by Crippen LogP contribution is 2.27. The van der Waals surface area contributed by atoms with Crippen LogP contribution in [0, 0.1) is 34.6 Å². The molecule has 0 atom stereocenters. The van der Waals surface area contributed by atoms with Gasteiger partial charge in [-0.1, -0.05) is 23.8 Å². The molecule has 0 amide bonds. The van der Waals surface area contributed by atoms with Crippen LogP contribution in [0.3, 0.4) is 0 Å². The van der Waals surface area contributed by atoms with Crippen LogP contribution in [0.5, 0.6) is 0 Å². The van der Waals surface area contributed by atoms with E-state index in [4.69, 9.17) is 9.97 Å². The van der Waals surface area contributed by atoms with Crippen LogP contribution >= 0.6 is 0 Å². The Bertz CT molecular complexity index is 1160. The second-order valence-corrected chi connectivity index (χ2v) is 7.17. The van der Waals surface area contributed by atoms with Crippen molar-refractivity contribution in [2.45, 2.75) is 34.6 Å². The van der Waals surface area contributed by atoms with Gasteiger partial charge in [-0.05, 0) is 70.0 Å². The number of anilines is 2. The van der Waals surface area contributed by atoms with Gasteiger partial charge in [-0.25, -0.2) is 14.6 Å². The topological polar surface area (TPSA) is 55.6 Å². The van der Waals surface area contributed by atoms with Crippen molar-refractivity contribution in [1.82, 2.24) is 19.7 Å². The predicted octanol–water partition coefficient (Wildman–Crippen LogP) is 5.10. The van der Waals surface area contributed by atoms with E-state index in [1.165, 1.54) is 11.1 Å². The van der Waals surface area contributed by atoms with Crippen molar-refractivity contribution in [3.63, 3.8) is 0 Å². The van der Waals surface area contributed by atoms with Crippen molar-refractivity contribution in [2.75, 3.05) is 5.32 Å². The summed E-state index contributed by atoms with van der Waals surface area (Å²) in [5.41, 5.74) is 8.28. The van der Waals surface area contributed by atoms with Crippen LogP contribution in [0.1, 0.15) is 28.1 Å². The summed E-state index contributed by atoms with van der Waals surface area (Å²) >= 11 is 0. The molecule has 0 saturated heterocycles. The van der Waals surface area contributed by atoms with Crippen LogP contribution in [0.25, 0.3) is 16.9 Å². The number of nitrogens with one attached hydrogen (secondary N) is 1. The molecule has 2 aromatic carbocycles. The smallest absolute Gasteiger partial charge is 0.197 e. The largest absolute Gasteiger partial charge is 0.337 e. The fraction of sp³-hybridized carbons (Fsp3) is 0.227. The third-order valence-electron chi connectivity index (χ3n) is 4.65. The fourth-order valence-electron chi connectivity index (χ4n) is 3.31. The summed E-state index contributed by atoms with van der Waals surface area (Å²) in [5, 5.41) is 8.10. The zero-order chi connectivity index (χ0) is 19.1. The van der Waals surface area contributed by atoms with Crippen molar-refractivity contribution in [2.24, 2.45) is 0 Å². The minimum absolute atomic E-state index is 0.699. The Hall–Kier alpha value is -3.21. The van der Waals surface area contributed by atoms with Crippen molar-refractivity contribution < 1.29 is 0 Å². The molecular formula is C22H23N5. The summed E-state index contributed by atoms with van der Waals surface area (Å²) in [6, 6.07) is 14.5. The lowest BCUT2D eigenvalue weighted by atomic mass is 10.1. The van der Waals surface area contributed by atoms with Crippen molar-refractivity contribution in [3.05, 3.63) is 70.5 Å². The number of rotatable bonds is 3. The highest BCUT2D eigenvalue weighted by Gasteiger charge is 2.15. The Morgan fingerprint density at radius 1 is 0.778 bits per heavy atom. The van der Waals surface area contributed by atoms with Crippen molar-refractivity contribution >= 4 is 22.5 Å². The number of aromatic nitrogens is 4. The molecule has 2 aromatic heterocycles. The molecule has 1 N–H and O–H groups in total. The van der Waals surface area contributed by atoms with E-state index >= 15 is 0 Å². The van der Waals surface area contributed by atoms with E-state index < -0.39 is 0 Å². The summed E-state index contributed by atoms with van der Waals surface area (Å²) in [7, 11) is 0. The standard InChI is InChI=1S/C22H23N5/c1-13-6-8-18(15(3)10-13)23-21-22(27-17(5)12-16(4)26-27)25-20-11-14(2)7-9-19(20)24-21/h6-12H,1-5H3,(H,23,24). The molecule has 0 unspecified atom stereocenters. The monoisotopic (exact) mass is 357 g/mol. The Kier molecular flexibility index (Phi) is 4.15. The fourth-order valence-corrected chi connectivity index (χ4v) is 3.31. The number of aryl methyl sites for hydroxylation is 5. The van der Waals surface area contributed by atoms with Gasteiger partial charge in [0.15, 0.2) is 11.6 Å². The summed E-state index contributed by atoms with van der Waals surface area (Å²) in [6.45, 7) is 10.3. The molecule has 136 valence electrons. The summed E-state index contributed by atoms with van der Waals surface area (Å²) < 4.78 is 1.86. The average Bonchev–Trinajstić information content (AvgIpc) is 2.95. The molecule has 0 radical (unpaired) electrons. The van der Waals surface area contributed by atoms with E-state index in [9.17, 15) is 0 Å². The van der Waals surface area contributed by atoms with Gasteiger partial charge < -0.3 is 5.32 Å². The lowest BCUT2D eigenvalue weighted by Gasteiger charge is -2.15.